The molecule has 1 aromatic carbocycles. The van der Waals surface area contributed by atoms with Crippen molar-refractivity contribution in [3.63, 3.8) is 0 Å². The van der Waals surface area contributed by atoms with Gasteiger partial charge in [-0.25, -0.2) is 4.39 Å². The minimum absolute atomic E-state index is 0.0886. The highest BCUT2D eigenvalue weighted by atomic mass is 19.1. The van der Waals surface area contributed by atoms with Crippen molar-refractivity contribution in [2.45, 2.75) is 50.5 Å². The van der Waals surface area contributed by atoms with Gasteiger partial charge in [-0.15, -0.1) is 0 Å². The zero-order valence-electron chi connectivity index (χ0n) is 13.3. The van der Waals surface area contributed by atoms with Crippen LogP contribution in [0.1, 0.15) is 50.0 Å². The Morgan fingerprint density at radius 3 is 2.70 bits per heavy atom. The maximum atomic E-state index is 12.9. The zero-order chi connectivity index (χ0) is 16.2. The molecule has 3 rings (SSSR count). The SMILES string of the molecule is O=C(CN1CCCCCCC1=O)NC1CC1c1ccc(F)cc1. The number of carbonyl (C=O) groups excluding carboxylic acids is 2. The number of benzene rings is 1. The summed E-state index contributed by atoms with van der Waals surface area (Å²) in [7, 11) is 0. The highest BCUT2D eigenvalue weighted by Crippen LogP contribution is 2.40. The predicted octanol–water partition coefficient (Wildman–Crippen LogP) is 2.59. The summed E-state index contributed by atoms with van der Waals surface area (Å²) < 4.78 is 12.9. The molecule has 1 N–H and O–H groups in total. The van der Waals surface area contributed by atoms with Gasteiger partial charge in [0.2, 0.25) is 11.8 Å². The summed E-state index contributed by atoms with van der Waals surface area (Å²) in [6.07, 6.45) is 5.56. The molecule has 1 aliphatic heterocycles. The molecule has 1 aromatic rings. The van der Waals surface area contributed by atoms with E-state index >= 15 is 0 Å². The summed E-state index contributed by atoms with van der Waals surface area (Å²) in [5.41, 5.74) is 1.05. The third kappa shape index (κ3) is 4.30. The lowest BCUT2D eigenvalue weighted by Crippen LogP contribution is -2.42. The molecule has 23 heavy (non-hydrogen) atoms. The Morgan fingerprint density at radius 2 is 1.91 bits per heavy atom. The van der Waals surface area contributed by atoms with Gasteiger partial charge in [-0.2, -0.15) is 0 Å². The summed E-state index contributed by atoms with van der Waals surface area (Å²) in [6.45, 7) is 0.837. The number of nitrogens with one attached hydrogen (secondary N) is 1. The molecular weight excluding hydrogens is 295 g/mol. The van der Waals surface area contributed by atoms with Gasteiger partial charge in [-0.1, -0.05) is 25.0 Å². The number of carbonyl (C=O) groups is 2. The molecule has 124 valence electrons. The summed E-state index contributed by atoms with van der Waals surface area (Å²) >= 11 is 0. The van der Waals surface area contributed by atoms with Crippen LogP contribution in [0.4, 0.5) is 4.39 Å². The maximum absolute atomic E-state index is 12.9. The molecule has 0 aromatic heterocycles. The second-order valence-corrected chi connectivity index (χ2v) is 6.55. The van der Waals surface area contributed by atoms with Crippen molar-refractivity contribution in [1.29, 1.82) is 0 Å². The number of hydrogen-bond donors (Lipinski definition) is 1. The fraction of sp³-hybridized carbons (Fsp3) is 0.556. The van der Waals surface area contributed by atoms with E-state index in [0.29, 0.717) is 13.0 Å². The van der Waals surface area contributed by atoms with E-state index in [1.807, 2.05) is 0 Å². The second-order valence-electron chi connectivity index (χ2n) is 6.55. The van der Waals surface area contributed by atoms with Crippen LogP contribution in [-0.4, -0.2) is 35.8 Å². The smallest absolute Gasteiger partial charge is 0.239 e. The second kappa shape index (κ2) is 7.11. The van der Waals surface area contributed by atoms with E-state index in [-0.39, 0.29) is 36.1 Å². The van der Waals surface area contributed by atoms with Crippen LogP contribution in [0.2, 0.25) is 0 Å². The van der Waals surface area contributed by atoms with Crippen LogP contribution < -0.4 is 5.32 Å². The van der Waals surface area contributed by atoms with Gasteiger partial charge >= 0.3 is 0 Å². The summed E-state index contributed by atoms with van der Waals surface area (Å²) in [4.78, 5) is 25.9. The quantitative estimate of drug-likeness (QED) is 0.927. The Bertz CT molecular complexity index is 573. The lowest BCUT2D eigenvalue weighted by Gasteiger charge is -2.24. The first-order chi connectivity index (χ1) is 11.1. The van der Waals surface area contributed by atoms with Crippen molar-refractivity contribution in [1.82, 2.24) is 10.2 Å². The van der Waals surface area contributed by atoms with E-state index in [1.165, 1.54) is 12.1 Å². The number of hydrogen-bond acceptors (Lipinski definition) is 2. The molecule has 1 saturated heterocycles. The zero-order valence-corrected chi connectivity index (χ0v) is 13.3. The number of amides is 2. The maximum Gasteiger partial charge on any atom is 0.239 e. The van der Waals surface area contributed by atoms with Gasteiger partial charge in [-0.3, -0.25) is 9.59 Å². The van der Waals surface area contributed by atoms with Gasteiger partial charge in [0.25, 0.3) is 0 Å². The largest absolute Gasteiger partial charge is 0.351 e. The number of halogens is 1. The van der Waals surface area contributed by atoms with Gasteiger partial charge < -0.3 is 10.2 Å². The number of likely N-dealkylation sites (tertiary alicyclic amines) is 1. The monoisotopic (exact) mass is 318 g/mol. The summed E-state index contributed by atoms with van der Waals surface area (Å²) in [6, 6.07) is 6.55. The van der Waals surface area contributed by atoms with Crippen molar-refractivity contribution in [3.05, 3.63) is 35.6 Å². The normalized spacial score (nSPS) is 24.7. The molecule has 1 heterocycles. The molecule has 0 bridgehead atoms. The Kier molecular flexibility index (Phi) is 4.94. The van der Waals surface area contributed by atoms with Gasteiger partial charge in [0.15, 0.2) is 0 Å². The minimum atomic E-state index is -0.245. The topological polar surface area (TPSA) is 49.4 Å². The van der Waals surface area contributed by atoms with Crippen molar-refractivity contribution in [2.24, 2.45) is 0 Å². The molecule has 1 aliphatic carbocycles. The minimum Gasteiger partial charge on any atom is -0.351 e. The number of rotatable bonds is 4. The third-order valence-corrected chi connectivity index (χ3v) is 4.69. The molecule has 0 radical (unpaired) electrons. The number of nitrogens with zero attached hydrogens (tertiary/aromatic N) is 1. The Morgan fingerprint density at radius 1 is 1.17 bits per heavy atom. The van der Waals surface area contributed by atoms with Crippen LogP contribution in [0.3, 0.4) is 0 Å². The van der Waals surface area contributed by atoms with E-state index < -0.39 is 0 Å². The average molecular weight is 318 g/mol. The molecule has 2 unspecified atom stereocenters. The molecule has 2 fully saturated rings. The van der Waals surface area contributed by atoms with Crippen LogP contribution in [0, 0.1) is 5.82 Å². The molecule has 0 spiro atoms. The van der Waals surface area contributed by atoms with Gasteiger partial charge in [0.05, 0.1) is 6.54 Å². The first kappa shape index (κ1) is 16.0. The van der Waals surface area contributed by atoms with Crippen molar-refractivity contribution in [2.75, 3.05) is 13.1 Å². The Hall–Kier alpha value is -1.91. The first-order valence-corrected chi connectivity index (χ1v) is 8.46. The van der Waals surface area contributed by atoms with Gasteiger partial charge in [-0.05, 0) is 37.0 Å². The lowest BCUT2D eigenvalue weighted by molar-refractivity contribution is -0.136. The Balaban J connectivity index is 1.48. The van der Waals surface area contributed by atoms with Crippen LogP contribution in [0.15, 0.2) is 24.3 Å². The standard InChI is InChI=1S/C18H23FN2O2/c19-14-8-6-13(7-9-14)15-11-16(15)20-17(22)12-21-10-4-2-1-3-5-18(21)23/h6-9,15-16H,1-5,10-12H2,(H,20,22). The lowest BCUT2D eigenvalue weighted by atomic mass is 10.1. The summed E-state index contributed by atoms with van der Waals surface area (Å²) in [5.74, 6) is 0.0208. The third-order valence-electron chi connectivity index (χ3n) is 4.69. The van der Waals surface area contributed by atoms with Crippen molar-refractivity contribution < 1.29 is 14.0 Å². The predicted molar refractivity (Wildman–Crippen MR) is 85.4 cm³/mol. The van der Waals surface area contributed by atoms with Crippen molar-refractivity contribution in [3.8, 4) is 0 Å². The fourth-order valence-corrected chi connectivity index (χ4v) is 3.24. The highest BCUT2D eigenvalue weighted by Gasteiger charge is 2.39. The summed E-state index contributed by atoms with van der Waals surface area (Å²) in [5, 5.41) is 2.99. The Labute approximate surface area is 136 Å². The fourth-order valence-electron chi connectivity index (χ4n) is 3.24. The van der Waals surface area contributed by atoms with Crippen LogP contribution >= 0.6 is 0 Å². The molecule has 2 amide bonds. The van der Waals surface area contributed by atoms with E-state index in [4.69, 9.17) is 0 Å². The van der Waals surface area contributed by atoms with E-state index in [0.717, 1.165) is 37.7 Å². The van der Waals surface area contributed by atoms with E-state index in [1.54, 1.807) is 17.0 Å². The molecule has 4 nitrogen and oxygen atoms in total. The van der Waals surface area contributed by atoms with Crippen molar-refractivity contribution >= 4 is 11.8 Å². The highest BCUT2D eigenvalue weighted by molar-refractivity contribution is 5.85. The van der Waals surface area contributed by atoms with Crippen LogP contribution in [0.25, 0.3) is 0 Å². The van der Waals surface area contributed by atoms with E-state index in [9.17, 15) is 14.0 Å². The molecule has 2 aliphatic rings. The average Bonchev–Trinajstić information content (AvgIpc) is 3.27. The first-order valence-electron chi connectivity index (χ1n) is 8.46. The van der Waals surface area contributed by atoms with Crippen LogP contribution in [-0.2, 0) is 9.59 Å². The molecule has 1 saturated carbocycles. The van der Waals surface area contributed by atoms with Crippen LogP contribution in [0.5, 0.6) is 0 Å². The molecule has 2 atom stereocenters. The van der Waals surface area contributed by atoms with Gasteiger partial charge in [0, 0.05) is 24.9 Å². The molecule has 5 heteroatoms. The van der Waals surface area contributed by atoms with E-state index in [2.05, 4.69) is 5.32 Å². The molecular formula is C18H23FN2O2. The van der Waals surface area contributed by atoms with Gasteiger partial charge in [0.1, 0.15) is 5.82 Å².